The summed E-state index contributed by atoms with van der Waals surface area (Å²) >= 11 is 0. The van der Waals surface area contributed by atoms with Crippen LogP contribution >= 0.6 is 0 Å². The summed E-state index contributed by atoms with van der Waals surface area (Å²) in [4.78, 5) is 35.1. The average molecular weight is 364 g/mol. The van der Waals surface area contributed by atoms with Crippen molar-refractivity contribution < 1.29 is 32.3 Å². The molecule has 9 heteroatoms. The molecule has 0 fully saturated rings. The molecule has 1 aliphatic heterocycles. The second-order valence-corrected chi connectivity index (χ2v) is 5.42. The third-order valence-electron chi connectivity index (χ3n) is 3.60. The van der Waals surface area contributed by atoms with E-state index >= 15 is 0 Å². The van der Waals surface area contributed by atoms with E-state index < -0.39 is 29.8 Å². The van der Waals surface area contributed by atoms with Crippen LogP contribution in [0.3, 0.4) is 0 Å². The van der Waals surface area contributed by atoms with Gasteiger partial charge in [0.05, 0.1) is 11.1 Å². The number of alkyl halides is 3. The zero-order valence-corrected chi connectivity index (χ0v) is 13.0. The van der Waals surface area contributed by atoms with Gasteiger partial charge in [0.2, 0.25) is 0 Å². The number of carbonyl (C=O) groups excluding carboxylic acids is 3. The van der Waals surface area contributed by atoms with Crippen LogP contribution in [-0.2, 0) is 6.54 Å². The van der Waals surface area contributed by atoms with E-state index in [4.69, 9.17) is 0 Å². The van der Waals surface area contributed by atoms with Gasteiger partial charge in [-0.2, -0.15) is 0 Å². The SMILES string of the molecule is O=C(NCc1ccc2c(c1)C(=O)NC2=O)c1ccc(OC(F)(F)F)cc1. The molecule has 0 saturated carbocycles. The van der Waals surface area contributed by atoms with Crippen molar-refractivity contribution in [2.45, 2.75) is 12.9 Å². The van der Waals surface area contributed by atoms with Gasteiger partial charge in [-0.15, -0.1) is 13.2 Å². The van der Waals surface area contributed by atoms with E-state index in [1.807, 2.05) is 0 Å². The van der Waals surface area contributed by atoms with Gasteiger partial charge in [0.25, 0.3) is 17.7 Å². The zero-order chi connectivity index (χ0) is 18.9. The van der Waals surface area contributed by atoms with E-state index in [9.17, 15) is 27.6 Å². The molecule has 3 amide bonds. The van der Waals surface area contributed by atoms with Crippen LogP contribution in [-0.4, -0.2) is 24.1 Å². The number of hydrogen-bond donors (Lipinski definition) is 2. The van der Waals surface area contributed by atoms with E-state index in [0.717, 1.165) is 12.1 Å². The molecule has 1 aliphatic rings. The van der Waals surface area contributed by atoms with Crippen molar-refractivity contribution in [1.29, 1.82) is 0 Å². The molecule has 26 heavy (non-hydrogen) atoms. The standard InChI is InChI=1S/C17H11F3N2O4/c18-17(19,20)26-11-4-2-10(3-5-11)14(23)21-8-9-1-6-12-13(7-9)16(25)22-15(12)24/h1-7H,8H2,(H,21,23)(H,22,24,25). The summed E-state index contributed by atoms with van der Waals surface area (Å²) in [6, 6.07) is 9.05. The monoisotopic (exact) mass is 364 g/mol. The average Bonchev–Trinajstić information content (AvgIpc) is 2.86. The van der Waals surface area contributed by atoms with Crippen molar-refractivity contribution in [2.75, 3.05) is 0 Å². The summed E-state index contributed by atoms with van der Waals surface area (Å²) in [5.41, 5.74) is 1.24. The smallest absolute Gasteiger partial charge is 0.406 e. The Morgan fingerprint density at radius 2 is 1.65 bits per heavy atom. The van der Waals surface area contributed by atoms with Crippen LogP contribution in [0.5, 0.6) is 5.75 Å². The largest absolute Gasteiger partial charge is 0.573 e. The van der Waals surface area contributed by atoms with Gasteiger partial charge >= 0.3 is 6.36 Å². The molecular formula is C17H11F3N2O4. The quantitative estimate of drug-likeness (QED) is 0.816. The van der Waals surface area contributed by atoms with Crippen LogP contribution in [0.25, 0.3) is 0 Å². The van der Waals surface area contributed by atoms with Gasteiger partial charge in [-0.25, -0.2) is 0 Å². The minimum atomic E-state index is -4.80. The Morgan fingerprint density at radius 1 is 1.00 bits per heavy atom. The number of nitrogens with one attached hydrogen (secondary N) is 2. The summed E-state index contributed by atoms with van der Waals surface area (Å²) in [6.45, 7) is 0.0778. The number of carbonyl (C=O) groups is 3. The second-order valence-electron chi connectivity index (χ2n) is 5.42. The lowest BCUT2D eigenvalue weighted by molar-refractivity contribution is -0.274. The number of imide groups is 1. The van der Waals surface area contributed by atoms with Crippen LogP contribution in [0.4, 0.5) is 13.2 Å². The Hall–Kier alpha value is -3.36. The molecule has 2 aromatic rings. The van der Waals surface area contributed by atoms with Gasteiger partial charge in [0.15, 0.2) is 0 Å². The highest BCUT2D eigenvalue weighted by Crippen LogP contribution is 2.23. The number of ether oxygens (including phenoxy) is 1. The molecule has 0 saturated heterocycles. The maximum atomic E-state index is 12.1. The van der Waals surface area contributed by atoms with E-state index in [1.54, 1.807) is 6.07 Å². The first-order valence-electron chi connectivity index (χ1n) is 7.35. The molecule has 0 aliphatic carbocycles. The molecule has 0 spiro atoms. The van der Waals surface area contributed by atoms with Gasteiger partial charge in [0.1, 0.15) is 5.75 Å². The number of amides is 3. The van der Waals surface area contributed by atoms with Crippen molar-refractivity contribution >= 4 is 17.7 Å². The third-order valence-corrected chi connectivity index (χ3v) is 3.60. The van der Waals surface area contributed by atoms with Crippen molar-refractivity contribution in [3.05, 3.63) is 64.7 Å². The Morgan fingerprint density at radius 3 is 2.31 bits per heavy atom. The molecule has 0 bridgehead atoms. The first-order chi connectivity index (χ1) is 12.2. The third kappa shape index (κ3) is 3.82. The first-order valence-corrected chi connectivity index (χ1v) is 7.35. The van der Waals surface area contributed by atoms with Crippen LogP contribution < -0.4 is 15.4 Å². The van der Waals surface area contributed by atoms with Crippen molar-refractivity contribution in [1.82, 2.24) is 10.6 Å². The first kappa shape index (κ1) is 17.5. The molecule has 6 nitrogen and oxygen atoms in total. The molecule has 134 valence electrons. The van der Waals surface area contributed by atoms with E-state index in [1.165, 1.54) is 24.3 Å². The second kappa shape index (κ2) is 6.51. The molecule has 3 rings (SSSR count). The predicted octanol–water partition coefficient (Wildman–Crippen LogP) is 2.40. The van der Waals surface area contributed by atoms with E-state index in [2.05, 4.69) is 15.4 Å². The Kier molecular flexibility index (Phi) is 4.37. The van der Waals surface area contributed by atoms with Gasteiger partial charge in [-0.05, 0) is 42.0 Å². The molecule has 1 heterocycles. The zero-order valence-electron chi connectivity index (χ0n) is 13.0. The van der Waals surface area contributed by atoms with Crippen LogP contribution in [0, 0.1) is 0 Å². The summed E-state index contributed by atoms with van der Waals surface area (Å²) < 4.78 is 40.0. The normalized spacial score (nSPS) is 13.2. The molecule has 0 atom stereocenters. The van der Waals surface area contributed by atoms with E-state index in [0.29, 0.717) is 5.56 Å². The Balaban J connectivity index is 1.63. The topological polar surface area (TPSA) is 84.5 Å². The maximum Gasteiger partial charge on any atom is 0.573 e. The number of benzene rings is 2. The van der Waals surface area contributed by atoms with Crippen LogP contribution in [0.1, 0.15) is 36.6 Å². The van der Waals surface area contributed by atoms with Crippen molar-refractivity contribution in [3.63, 3.8) is 0 Å². The molecule has 0 unspecified atom stereocenters. The van der Waals surface area contributed by atoms with Crippen LogP contribution in [0.15, 0.2) is 42.5 Å². The number of hydrogen-bond acceptors (Lipinski definition) is 4. The van der Waals surface area contributed by atoms with E-state index in [-0.39, 0.29) is 23.2 Å². The summed E-state index contributed by atoms with van der Waals surface area (Å²) in [7, 11) is 0. The van der Waals surface area contributed by atoms with Gasteiger partial charge < -0.3 is 10.1 Å². The maximum absolute atomic E-state index is 12.1. The van der Waals surface area contributed by atoms with Gasteiger partial charge in [-0.3, -0.25) is 19.7 Å². The fourth-order valence-electron chi connectivity index (χ4n) is 2.42. The molecule has 0 aromatic heterocycles. The molecule has 0 radical (unpaired) electrons. The highest BCUT2D eigenvalue weighted by molar-refractivity contribution is 6.21. The molecular weight excluding hydrogens is 353 g/mol. The molecule has 2 N–H and O–H groups in total. The van der Waals surface area contributed by atoms with Gasteiger partial charge in [0, 0.05) is 12.1 Å². The number of rotatable bonds is 4. The lowest BCUT2D eigenvalue weighted by Gasteiger charge is -2.10. The highest BCUT2D eigenvalue weighted by atomic mass is 19.4. The lowest BCUT2D eigenvalue weighted by atomic mass is 10.1. The minimum absolute atomic E-state index is 0.0778. The fourth-order valence-corrected chi connectivity index (χ4v) is 2.42. The Labute approximate surface area is 145 Å². The van der Waals surface area contributed by atoms with Crippen molar-refractivity contribution in [3.8, 4) is 5.75 Å². The lowest BCUT2D eigenvalue weighted by Crippen LogP contribution is -2.23. The summed E-state index contributed by atoms with van der Waals surface area (Å²) in [5.74, 6) is -1.91. The highest BCUT2D eigenvalue weighted by Gasteiger charge is 2.31. The molecule has 2 aromatic carbocycles. The van der Waals surface area contributed by atoms with Gasteiger partial charge in [-0.1, -0.05) is 6.07 Å². The summed E-state index contributed by atoms with van der Waals surface area (Å²) in [5, 5.41) is 4.75. The minimum Gasteiger partial charge on any atom is -0.406 e. The predicted molar refractivity (Wildman–Crippen MR) is 82.5 cm³/mol. The number of fused-ring (bicyclic) bond motifs is 1. The van der Waals surface area contributed by atoms with Crippen molar-refractivity contribution in [2.24, 2.45) is 0 Å². The Bertz CT molecular complexity index is 892. The summed E-state index contributed by atoms with van der Waals surface area (Å²) in [6.07, 6.45) is -4.80. The number of halogens is 3. The fraction of sp³-hybridized carbons (Fsp3) is 0.118. The van der Waals surface area contributed by atoms with Crippen LogP contribution in [0.2, 0.25) is 0 Å².